The molecule has 22 heavy (non-hydrogen) atoms. The molecule has 1 heteroatoms. The van der Waals surface area contributed by atoms with Gasteiger partial charge in [-0.1, -0.05) is 89.8 Å². The number of ketones is 1. The summed E-state index contributed by atoms with van der Waals surface area (Å²) in [6, 6.07) is 8.45. The molecule has 0 heterocycles. The molecular weight excluding hydrogens is 268 g/mol. The highest BCUT2D eigenvalue weighted by molar-refractivity contribution is 5.72. The molecule has 0 radical (unpaired) electrons. The summed E-state index contributed by atoms with van der Waals surface area (Å²) in [5.74, 6) is 1.94. The lowest BCUT2D eigenvalue weighted by atomic mass is 10.1. The second-order valence-electron chi connectivity index (χ2n) is 6.72. The summed E-state index contributed by atoms with van der Waals surface area (Å²) in [5, 5.41) is 0. The predicted molar refractivity (Wildman–Crippen MR) is 103 cm³/mol. The van der Waals surface area contributed by atoms with Gasteiger partial charge >= 0.3 is 0 Å². The molecule has 1 aromatic carbocycles. The van der Waals surface area contributed by atoms with Crippen molar-refractivity contribution in [3.63, 3.8) is 0 Å². The highest BCUT2D eigenvalue weighted by Crippen LogP contribution is 2.02. The topological polar surface area (TPSA) is 17.1 Å². The molecule has 1 aromatic rings. The van der Waals surface area contributed by atoms with Crippen LogP contribution in [0.25, 0.3) is 0 Å². The molecule has 0 saturated carbocycles. The smallest absolute Gasteiger partial charge is 0.126 e. The van der Waals surface area contributed by atoms with Gasteiger partial charge in [0.15, 0.2) is 0 Å². The van der Waals surface area contributed by atoms with E-state index in [-0.39, 0.29) is 5.78 Å². The molecule has 1 rings (SSSR count). The molecule has 0 aliphatic rings. The van der Waals surface area contributed by atoms with Gasteiger partial charge in [0.25, 0.3) is 0 Å². The van der Waals surface area contributed by atoms with Crippen LogP contribution in [-0.4, -0.2) is 5.78 Å². The largest absolute Gasteiger partial charge is 0.300 e. The minimum Gasteiger partial charge on any atom is -0.300 e. The molecule has 0 fully saturated rings. The van der Waals surface area contributed by atoms with Gasteiger partial charge in [0.05, 0.1) is 0 Å². The van der Waals surface area contributed by atoms with E-state index in [1.807, 2.05) is 0 Å². The van der Waals surface area contributed by atoms with E-state index in [2.05, 4.69) is 79.7 Å². The summed E-state index contributed by atoms with van der Waals surface area (Å²) in [7, 11) is 0. The molecule has 0 unspecified atom stereocenters. The van der Waals surface area contributed by atoms with Gasteiger partial charge in [-0.15, -0.1) is 0 Å². The van der Waals surface area contributed by atoms with E-state index in [1.54, 1.807) is 0 Å². The number of carbonyl (C=O) groups is 1. The van der Waals surface area contributed by atoms with E-state index < -0.39 is 0 Å². The standard InChI is InChI=1S/C8H10.C6H14.C4H10.C3H6O/c1-7-4-3-5-8(2)6-7;1-4-6(3)5-2;1-4(2)3;1-3(2)4/h3-6H,1-2H3;6H,4-5H2,1-3H3;4H,1-3H3;1-2H3. The quantitative estimate of drug-likeness (QED) is 0.574. The third-order valence-electron chi connectivity index (χ3n) is 2.57. The van der Waals surface area contributed by atoms with Crippen molar-refractivity contribution in [2.24, 2.45) is 11.8 Å². The van der Waals surface area contributed by atoms with E-state index in [4.69, 9.17) is 0 Å². The zero-order chi connectivity index (χ0) is 18.1. The molecule has 0 aromatic heterocycles. The normalized spacial score (nSPS) is 8.91. The number of aryl methyl sites for hydroxylation is 2. The maximum Gasteiger partial charge on any atom is 0.126 e. The number of hydrogen-bond acceptors (Lipinski definition) is 1. The van der Waals surface area contributed by atoms with E-state index >= 15 is 0 Å². The minimum absolute atomic E-state index is 0.167. The molecule has 0 spiro atoms. The van der Waals surface area contributed by atoms with E-state index in [1.165, 1.54) is 37.8 Å². The van der Waals surface area contributed by atoms with Gasteiger partial charge in [0.1, 0.15) is 5.78 Å². The van der Waals surface area contributed by atoms with E-state index in [9.17, 15) is 4.79 Å². The van der Waals surface area contributed by atoms with Crippen molar-refractivity contribution in [2.75, 3.05) is 0 Å². The van der Waals surface area contributed by atoms with Crippen LogP contribution in [-0.2, 0) is 4.79 Å². The van der Waals surface area contributed by atoms with Gasteiger partial charge in [-0.2, -0.15) is 0 Å². The van der Waals surface area contributed by atoms with Crippen molar-refractivity contribution in [1.29, 1.82) is 0 Å². The van der Waals surface area contributed by atoms with Crippen LogP contribution in [0.1, 0.15) is 79.4 Å². The van der Waals surface area contributed by atoms with Crippen molar-refractivity contribution >= 4 is 5.78 Å². The number of benzene rings is 1. The van der Waals surface area contributed by atoms with Crippen LogP contribution < -0.4 is 0 Å². The summed E-state index contributed by atoms with van der Waals surface area (Å²) < 4.78 is 0. The van der Waals surface area contributed by atoms with E-state index in [0.717, 1.165) is 11.8 Å². The summed E-state index contributed by atoms with van der Waals surface area (Å²) in [6.07, 6.45) is 2.66. The van der Waals surface area contributed by atoms with Crippen LogP contribution >= 0.6 is 0 Å². The van der Waals surface area contributed by atoms with Gasteiger partial charge < -0.3 is 4.79 Å². The Labute approximate surface area is 140 Å². The van der Waals surface area contributed by atoms with Gasteiger partial charge in [-0.3, -0.25) is 0 Å². The number of rotatable bonds is 2. The van der Waals surface area contributed by atoms with Gasteiger partial charge in [-0.05, 0) is 39.5 Å². The molecule has 0 aliphatic carbocycles. The molecule has 0 amide bonds. The Kier molecular flexibility index (Phi) is 21.1. The zero-order valence-corrected chi connectivity index (χ0v) is 16.8. The number of Topliss-reactive ketones (excluding diaryl/α,β-unsaturated/α-hetero) is 1. The van der Waals surface area contributed by atoms with Crippen LogP contribution in [0.4, 0.5) is 0 Å². The summed E-state index contributed by atoms with van der Waals surface area (Å²) >= 11 is 0. The number of carbonyl (C=O) groups excluding carboxylic acids is 1. The lowest BCUT2D eigenvalue weighted by Crippen LogP contribution is -1.85. The first-order valence-corrected chi connectivity index (χ1v) is 8.57. The first kappa shape index (κ1) is 25.8. The van der Waals surface area contributed by atoms with Crippen LogP contribution in [0, 0.1) is 25.7 Å². The van der Waals surface area contributed by atoms with Crippen LogP contribution in [0.3, 0.4) is 0 Å². The molecule has 130 valence electrons. The molecule has 0 N–H and O–H groups in total. The molecule has 0 atom stereocenters. The minimum atomic E-state index is 0.167. The fourth-order valence-electron chi connectivity index (χ4n) is 1.10. The Morgan fingerprint density at radius 2 is 1.18 bits per heavy atom. The third-order valence-corrected chi connectivity index (χ3v) is 2.57. The zero-order valence-electron chi connectivity index (χ0n) is 16.8. The fraction of sp³-hybridized carbons (Fsp3) is 0.667. The fourth-order valence-corrected chi connectivity index (χ4v) is 1.10. The number of hydrogen-bond donors (Lipinski definition) is 0. The maximum absolute atomic E-state index is 9.44. The Morgan fingerprint density at radius 3 is 1.27 bits per heavy atom. The second kappa shape index (κ2) is 17.9. The van der Waals surface area contributed by atoms with Crippen molar-refractivity contribution in [3.8, 4) is 0 Å². The molecule has 1 nitrogen and oxygen atoms in total. The van der Waals surface area contributed by atoms with Crippen molar-refractivity contribution in [2.45, 2.75) is 82.1 Å². The lowest BCUT2D eigenvalue weighted by Gasteiger charge is -1.98. The third kappa shape index (κ3) is 36.4. The first-order chi connectivity index (χ1) is 10.1. The van der Waals surface area contributed by atoms with Crippen molar-refractivity contribution < 1.29 is 4.79 Å². The highest BCUT2D eigenvalue weighted by atomic mass is 16.1. The van der Waals surface area contributed by atoms with Crippen molar-refractivity contribution in [3.05, 3.63) is 35.4 Å². The Morgan fingerprint density at radius 1 is 0.909 bits per heavy atom. The van der Waals surface area contributed by atoms with Gasteiger partial charge in [0, 0.05) is 0 Å². The Bertz CT molecular complexity index is 325. The van der Waals surface area contributed by atoms with E-state index in [0.29, 0.717) is 0 Å². The van der Waals surface area contributed by atoms with Crippen LogP contribution in [0.2, 0.25) is 0 Å². The van der Waals surface area contributed by atoms with Crippen LogP contribution in [0.15, 0.2) is 24.3 Å². The monoisotopic (exact) mass is 308 g/mol. The SMILES string of the molecule is CC(C)=O.CC(C)C.CCC(C)CC.Cc1cccc(C)c1. The van der Waals surface area contributed by atoms with Crippen LogP contribution in [0.5, 0.6) is 0 Å². The average Bonchev–Trinajstić information content (AvgIpc) is 2.37. The molecule has 0 bridgehead atoms. The predicted octanol–water partition coefficient (Wildman–Crippen LogP) is 7.00. The summed E-state index contributed by atoms with van der Waals surface area (Å²) in [4.78, 5) is 9.44. The molecule has 0 saturated heterocycles. The van der Waals surface area contributed by atoms with Gasteiger partial charge in [-0.25, -0.2) is 0 Å². The summed E-state index contributed by atoms with van der Waals surface area (Å²) in [6.45, 7) is 20.5. The van der Waals surface area contributed by atoms with Crippen molar-refractivity contribution in [1.82, 2.24) is 0 Å². The summed E-state index contributed by atoms with van der Waals surface area (Å²) in [5.41, 5.74) is 2.68. The molecular formula is C21H40O. The Hall–Kier alpha value is -1.11. The average molecular weight is 309 g/mol. The molecule has 0 aliphatic heterocycles. The Balaban J connectivity index is -0.000000231. The first-order valence-electron chi connectivity index (χ1n) is 8.57. The van der Waals surface area contributed by atoms with Gasteiger partial charge in [0.2, 0.25) is 0 Å². The highest BCUT2D eigenvalue weighted by Gasteiger charge is 1.88. The maximum atomic E-state index is 9.44. The second-order valence-corrected chi connectivity index (χ2v) is 6.72. The lowest BCUT2D eigenvalue weighted by molar-refractivity contribution is -0.114.